The number of nitrogens with zero attached hydrogens (tertiary/aromatic N) is 4. The zero-order valence-electron chi connectivity index (χ0n) is 12.6. The predicted molar refractivity (Wildman–Crippen MR) is 87.6 cm³/mol. The van der Waals surface area contributed by atoms with Crippen molar-refractivity contribution in [2.45, 2.75) is 12.6 Å². The molecule has 1 fully saturated rings. The minimum atomic E-state index is 0.524. The Morgan fingerprint density at radius 3 is 2.91 bits per heavy atom. The molecule has 1 aliphatic heterocycles. The molecule has 3 aromatic rings. The Morgan fingerprint density at radius 1 is 1.18 bits per heavy atom. The van der Waals surface area contributed by atoms with Gasteiger partial charge in [-0.15, -0.1) is 0 Å². The molecule has 0 spiro atoms. The Bertz CT molecular complexity index is 788. The molecule has 4 rings (SSSR count). The van der Waals surface area contributed by atoms with Gasteiger partial charge in [-0.2, -0.15) is 5.10 Å². The van der Waals surface area contributed by atoms with Gasteiger partial charge < -0.3 is 5.32 Å². The number of anilines is 1. The maximum atomic E-state index is 4.21. The first kappa shape index (κ1) is 13.3. The van der Waals surface area contributed by atoms with Crippen LogP contribution in [0.5, 0.6) is 0 Å². The summed E-state index contributed by atoms with van der Waals surface area (Å²) in [5.74, 6) is 0. The minimum absolute atomic E-state index is 0.524. The number of pyridine rings is 1. The lowest BCUT2D eigenvalue weighted by Crippen LogP contribution is -2.53. The molecule has 0 unspecified atom stereocenters. The molecule has 0 bridgehead atoms. The van der Waals surface area contributed by atoms with Crippen LogP contribution in [0.2, 0.25) is 0 Å². The molecule has 1 saturated heterocycles. The Hall–Kier alpha value is -2.40. The van der Waals surface area contributed by atoms with E-state index in [0.29, 0.717) is 6.04 Å². The van der Waals surface area contributed by atoms with Gasteiger partial charge >= 0.3 is 0 Å². The van der Waals surface area contributed by atoms with E-state index in [1.54, 1.807) is 0 Å². The van der Waals surface area contributed by atoms with Crippen LogP contribution in [-0.4, -0.2) is 38.8 Å². The van der Waals surface area contributed by atoms with Crippen molar-refractivity contribution in [2.24, 2.45) is 7.05 Å². The fourth-order valence-corrected chi connectivity index (χ4v) is 3.01. The van der Waals surface area contributed by atoms with Crippen LogP contribution in [0.3, 0.4) is 0 Å². The number of hydrogen-bond acceptors (Lipinski definition) is 4. The molecule has 1 aromatic carbocycles. The summed E-state index contributed by atoms with van der Waals surface area (Å²) in [5, 5.41) is 10.2. The largest absolute Gasteiger partial charge is 0.380 e. The van der Waals surface area contributed by atoms with Crippen LogP contribution >= 0.6 is 0 Å². The summed E-state index contributed by atoms with van der Waals surface area (Å²) in [6.07, 6.45) is 7.76. The predicted octanol–water partition coefficient (Wildman–Crippen LogP) is 2.26. The fourth-order valence-electron chi connectivity index (χ4n) is 3.01. The van der Waals surface area contributed by atoms with E-state index >= 15 is 0 Å². The fraction of sp³-hybridized carbons (Fsp3) is 0.294. The van der Waals surface area contributed by atoms with E-state index in [4.69, 9.17) is 0 Å². The summed E-state index contributed by atoms with van der Waals surface area (Å²) < 4.78 is 1.86. The summed E-state index contributed by atoms with van der Waals surface area (Å²) in [4.78, 5) is 6.58. The third-order valence-corrected chi connectivity index (χ3v) is 4.13. The zero-order valence-corrected chi connectivity index (χ0v) is 12.6. The third-order valence-electron chi connectivity index (χ3n) is 4.13. The van der Waals surface area contributed by atoms with Gasteiger partial charge in [0.25, 0.3) is 0 Å². The monoisotopic (exact) mass is 293 g/mol. The van der Waals surface area contributed by atoms with E-state index < -0.39 is 0 Å². The topological polar surface area (TPSA) is 46.0 Å². The lowest BCUT2D eigenvalue weighted by Gasteiger charge is -2.40. The molecule has 3 heterocycles. The zero-order chi connectivity index (χ0) is 14.9. The Kier molecular flexibility index (Phi) is 3.27. The first-order valence-electron chi connectivity index (χ1n) is 7.56. The van der Waals surface area contributed by atoms with E-state index in [0.717, 1.165) is 19.6 Å². The van der Waals surface area contributed by atoms with Crippen LogP contribution in [0, 0.1) is 0 Å². The Morgan fingerprint density at radius 2 is 2.09 bits per heavy atom. The lowest BCUT2D eigenvalue weighted by molar-refractivity contribution is 0.153. The van der Waals surface area contributed by atoms with Gasteiger partial charge in [-0.25, -0.2) is 0 Å². The lowest BCUT2D eigenvalue weighted by atomic mass is 10.1. The van der Waals surface area contributed by atoms with Crippen molar-refractivity contribution in [1.29, 1.82) is 0 Å². The highest BCUT2D eigenvalue weighted by atomic mass is 15.3. The van der Waals surface area contributed by atoms with Crippen molar-refractivity contribution in [3.8, 4) is 0 Å². The van der Waals surface area contributed by atoms with Crippen LogP contribution in [0.4, 0.5) is 5.69 Å². The van der Waals surface area contributed by atoms with Crippen molar-refractivity contribution in [3.05, 3.63) is 54.6 Å². The molecular formula is C17H19N5. The van der Waals surface area contributed by atoms with Crippen molar-refractivity contribution in [2.75, 3.05) is 18.4 Å². The van der Waals surface area contributed by atoms with E-state index in [2.05, 4.69) is 50.8 Å². The molecule has 5 heteroatoms. The molecule has 112 valence electrons. The second-order valence-electron chi connectivity index (χ2n) is 6.00. The molecular weight excluding hydrogens is 274 g/mol. The summed E-state index contributed by atoms with van der Waals surface area (Å²) in [5.41, 5.74) is 2.46. The van der Waals surface area contributed by atoms with Gasteiger partial charge in [0.15, 0.2) is 0 Å². The smallest absolute Gasteiger partial charge is 0.0534 e. The summed E-state index contributed by atoms with van der Waals surface area (Å²) in [6.45, 7) is 3.13. The number of nitrogens with one attached hydrogen (secondary N) is 1. The van der Waals surface area contributed by atoms with E-state index in [9.17, 15) is 0 Å². The van der Waals surface area contributed by atoms with Crippen LogP contribution in [-0.2, 0) is 13.6 Å². The van der Waals surface area contributed by atoms with Crippen molar-refractivity contribution in [1.82, 2.24) is 19.7 Å². The minimum Gasteiger partial charge on any atom is -0.380 e. The van der Waals surface area contributed by atoms with Crippen molar-refractivity contribution < 1.29 is 0 Å². The maximum absolute atomic E-state index is 4.21. The van der Waals surface area contributed by atoms with Gasteiger partial charge in [0.1, 0.15) is 0 Å². The average Bonchev–Trinajstić information content (AvgIpc) is 2.90. The maximum Gasteiger partial charge on any atom is 0.0534 e. The molecule has 22 heavy (non-hydrogen) atoms. The van der Waals surface area contributed by atoms with E-state index in [1.807, 2.05) is 30.3 Å². The highest BCUT2D eigenvalue weighted by Crippen LogP contribution is 2.21. The van der Waals surface area contributed by atoms with E-state index in [1.165, 1.54) is 22.0 Å². The molecule has 1 N–H and O–H groups in total. The van der Waals surface area contributed by atoms with Gasteiger partial charge in [0.2, 0.25) is 0 Å². The second kappa shape index (κ2) is 5.42. The second-order valence-corrected chi connectivity index (χ2v) is 6.00. The molecule has 0 atom stereocenters. The molecule has 5 nitrogen and oxygen atoms in total. The molecule has 0 radical (unpaired) electrons. The first-order valence-corrected chi connectivity index (χ1v) is 7.56. The number of hydrogen-bond donors (Lipinski definition) is 1. The van der Waals surface area contributed by atoms with Crippen LogP contribution in [0.1, 0.15) is 5.56 Å². The van der Waals surface area contributed by atoms with Gasteiger partial charge in [-0.05, 0) is 23.6 Å². The number of fused-ring (bicyclic) bond motifs is 1. The molecule has 1 aliphatic rings. The average molecular weight is 293 g/mol. The number of benzene rings is 1. The summed E-state index contributed by atoms with van der Waals surface area (Å²) >= 11 is 0. The van der Waals surface area contributed by atoms with Crippen LogP contribution < -0.4 is 5.32 Å². The van der Waals surface area contributed by atoms with E-state index in [-0.39, 0.29) is 0 Å². The van der Waals surface area contributed by atoms with Gasteiger partial charge in [-0.1, -0.05) is 6.07 Å². The number of rotatable bonds is 4. The normalized spacial score (nSPS) is 15.9. The number of likely N-dealkylation sites (tertiary alicyclic amines) is 1. The molecule has 0 saturated carbocycles. The van der Waals surface area contributed by atoms with Crippen molar-refractivity contribution in [3.63, 3.8) is 0 Å². The Labute approximate surface area is 129 Å². The first-order chi connectivity index (χ1) is 10.8. The third kappa shape index (κ3) is 2.67. The molecule has 0 aliphatic carbocycles. The van der Waals surface area contributed by atoms with Gasteiger partial charge in [0.05, 0.1) is 12.2 Å². The van der Waals surface area contributed by atoms with Crippen LogP contribution in [0.25, 0.3) is 10.8 Å². The van der Waals surface area contributed by atoms with Gasteiger partial charge in [-0.3, -0.25) is 14.6 Å². The van der Waals surface area contributed by atoms with Crippen LogP contribution in [0.15, 0.2) is 49.1 Å². The number of aryl methyl sites for hydroxylation is 1. The molecule has 2 aromatic heterocycles. The highest BCUT2D eigenvalue weighted by molar-refractivity contribution is 5.84. The SMILES string of the molecule is Cn1cc(CN2CC(Nc3ccc4cnccc4c3)C2)cn1. The van der Waals surface area contributed by atoms with Crippen molar-refractivity contribution >= 4 is 16.5 Å². The molecule has 0 amide bonds. The quantitative estimate of drug-likeness (QED) is 0.801. The summed E-state index contributed by atoms with van der Waals surface area (Å²) in [6, 6.07) is 9.03. The summed E-state index contributed by atoms with van der Waals surface area (Å²) in [7, 11) is 1.96. The number of aromatic nitrogens is 3. The van der Waals surface area contributed by atoms with Gasteiger partial charge in [0, 0.05) is 61.9 Å². The standard InChI is InChI=1S/C17H19N5/c1-21-9-13(7-19-21)10-22-11-17(12-22)20-16-3-2-15-8-18-5-4-14(15)6-16/h2-9,17,20H,10-12H2,1H3. The Balaban J connectivity index is 1.35. The highest BCUT2D eigenvalue weighted by Gasteiger charge is 2.26.